The highest BCUT2D eigenvalue weighted by Crippen LogP contribution is 2.38. The summed E-state index contributed by atoms with van der Waals surface area (Å²) in [5.41, 5.74) is 1.97. The third-order valence-corrected chi connectivity index (χ3v) is 2.57. The zero-order valence-corrected chi connectivity index (χ0v) is 8.03. The van der Waals surface area contributed by atoms with Crippen molar-refractivity contribution >= 4 is 5.91 Å². The summed E-state index contributed by atoms with van der Waals surface area (Å²) in [5, 5.41) is 12.5. The quantitative estimate of drug-likeness (QED) is 0.703. The summed E-state index contributed by atoms with van der Waals surface area (Å²) < 4.78 is 0. The van der Waals surface area contributed by atoms with E-state index in [0.29, 0.717) is 6.42 Å². The first-order chi connectivity index (χ1) is 6.68. The van der Waals surface area contributed by atoms with Gasteiger partial charge in [0.05, 0.1) is 12.1 Å². The van der Waals surface area contributed by atoms with E-state index in [4.69, 9.17) is 0 Å². The highest BCUT2D eigenvalue weighted by molar-refractivity contribution is 5.73. The minimum atomic E-state index is -0.442. The van der Waals surface area contributed by atoms with E-state index < -0.39 is 6.10 Å². The molecule has 14 heavy (non-hydrogen) atoms. The largest absolute Gasteiger partial charge is 0.388 e. The number of aliphatic hydroxyl groups excluding tert-OH is 1. The van der Waals surface area contributed by atoms with Crippen molar-refractivity contribution in [2.45, 2.75) is 25.5 Å². The fourth-order valence-corrected chi connectivity index (χ4v) is 1.99. The zero-order valence-electron chi connectivity index (χ0n) is 8.03. The monoisotopic (exact) mass is 191 g/mol. The van der Waals surface area contributed by atoms with Gasteiger partial charge in [-0.05, 0) is 11.1 Å². The van der Waals surface area contributed by atoms with Crippen molar-refractivity contribution in [3.05, 3.63) is 35.4 Å². The molecule has 2 rings (SSSR count). The van der Waals surface area contributed by atoms with Crippen LogP contribution >= 0.6 is 0 Å². The average Bonchev–Trinajstić information content (AvgIpc) is 2.44. The predicted octanol–water partition coefficient (Wildman–Crippen LogP) is 1.30. The van der Waals surface area contributed by atoms with Crippen LogP contribution in [0.3, 0.4) is 0 Å². The van der Waals surface area contributed by atoms with Gasteiger partial charge in [-0.2, -0.15) is 0 Å². The first kappa shape index (κ1) is 9.21. The third-order valence-electron chi connectivity index (χ3n) is 2.57. The SMILES string of the molecule is CC(=O)N[C@@H]1C[C@@H](O)c2ccccc21. The fraction of sp³-hybridized carbons (Fsp3) is 0.364. The lowest BCUT2D eigenvalue weighted by Gasteiger charge is -2.11. The van der Waals surface area contributed by atoms with E-state index in [1.54, 1.807) is 0 Å². The van der Waals surface area contributed by atoms with Crippen molar-refractivity contribution in [2.24, 2.45) is 0 Å². The number of carbonyl (C=O) groups is 1. The molecule has 2 atom stereocenters. The number of aliphatic hydroxyl groups is 1. The van der Waals surface area contributed by atoms with Gasteiger partial charge in [0.2, 0.25) is 5.91 Å². The number of amides is 1. The fourth-order valence-electron chi connectivity index (χ4n) is 1.99. The second-order valence-corrected chi connectivity index (χ2v) is 3.63. The van der Waals surface area contributed by atoms with Crippen LogP contribution in [0.4, 0.5) is 0 Å². The van der Waals surface area contributed by atoms with Crippen LogP contribution in [0.15, 0.2) is 24.3 Å². The Balaban J connectivity index is 2.29. The first-order valence-electron chi connectivity index (χ1n) is 4.72. The van der Waals surface area contributed by atoms with Gasteiger partial charge in [0.15, 0.2) is 0 Å². The number of benzene rings is 1. The van der Waals surface area contributed by atoms with Gasteiger partial charge in [-0.25, -0.2) is 0 Å². The molecule has 0 bridgehead atoms. The molecule has 3 heteroatoms. The lowest BCUT2D eigenvalue weighted by atomic mass is 10.1. The van der Waals surface area contributed by atoms with Crippen molar-refractivity contribution in [2.75, 3.05) is 0 Å². The maximum absolute atomic E-state index is 10.9. The van der Waals surface area contributed by atoms with Gasteiger partial charge in [0, 0.05) is 13.3 Å². The number of carbonyl (C=O) groups excluding carboxylic acids is 1. The Morgan fingerprint density at radius 2 is 2.07 bits per heavy atom. The second-order valence-electron chi connectivity index (χ2n) is 3.63. The van der Waals surface area contributed by atoms with Crippen molar-refractivity contribution in [1.82, 2.24) is 5.32 Å². The van der Waals surface area contributed by atoms with Gasteiger partial charge in [0.1, 0.15) is 0 Å². The summed E-state index contributed by atoms with van der Waals surface area (Å²) in [5.74, 6) is -0.0566. The smallest absolute Gasteiger partial charge is 0.217 e. The molecule has 0 saturated carbocycles. The summed E-state index contributed by atoms with van der Waals surface area (Å²) in [6.07, 6.45) is 0.141. The lowest BCUT2D eigenvalue weighted by Crippen LogP contribution is -2.24. The van der Waals surface area contributed by atoms with Crippen molar-refractivity contribution < 1.29 is 9.90 Å². The molecule has 0 radical (unpaired) electrons. The topological polar surface area (TPSA) is 49.3 Å². The van der Waals surface area contributed by atoms with Crippen molar-refractivity contribution in [3.8, 4) is 0 Å². The Bertz CT molecular complexity index is 362. The number of nitrogens with one attached hydrogen (secondary N) is 1. The second kappa shape index (κ2) is 3.42. The molecule has 0 unspecified atom stereocenters. The van der Waals surface area contributed by atoms with E-state index in [1.165, 1.54) is 6.92 Å². The Kier molecular flexibility index (Phi) is 2.25. The number of fused-ring (bicyclic) bond motifs is 1. The molecule has 1 aliphatic carbocycles. The van der Waals surface area contributed by atoms with Gasteiger partial charge in [0.25, 0.3) is 0 Å². The summed E-state index contributed by atoms with van der Waals surface area (Å²) in [7, 11) is 0. The zero-order chi connectivity index (χ0) is 10.1. The molecule has 1 aromatic rings. The molecule has 0 spiro atoms. The summed E-state index contributed by atoms with van der Waals surface area (Å²) in [4.78, 5) is 10.9. The molecular weight excluding hydrogens is 178 g/mol. The van der Waals surface area contributed by atoms with Crippen molar-refractivity contribution in [3.63, 3.8) is 0 Å². The van der Waals surface area contributed by atoms with Crippen LogP contribution < -0.4 is 5.32 Å². The van der Waals surface area contributed by atoms with Crippen LogP contribution in [-0.4, -0.2) is 11.0 Å². The third kappa shape index (κ3) is 1.51. The molecule has 0 saturated heterocycles. The highest BCUT2D eigenvalue weighted by atomic mass is 16.3. The minimum absolute atomic E-state index is 0.0290. The van der Waals surface area contributed by atoms with Crippen LogP contribution in [0, 0.1) is 0 Å². The van der Waals surface area contributed by atoms with Crippen LogP contribution in [-0.2, 0) is 4.79 Å². The van der Waals surface area contributed by atoms with E-state index in [2.05, 4.69) is 5.32 Å². The molecular formula is C11H13NO2. The molecule has 3 nitrogen and oxygen atoms in total. The van der Waals surface area contributed by atoms with Crippen LogP contribution in [0.1, 0.15) is 36.6 Å². The molecule has 0 aliphatic heterocycles. The molecule has 1 amide bonds. The molecule has 74 valence electrons. The first-order valence-corrected chi connectivity index (χ1v) is 4.72. The van der Waals surface area contributed by atoms with E-state index in [1.807, 2.05) is 24.3 Å². The van der Waals surface area contributed by atoms with E-state index in [0.717, 1.165) is 11.1 Å². The number of hydrogen-bond donors (Lipinski definition) is 2. The molecule has 1 aromatic carbocycles. The van der Waals surface area contributed by atoms with E-state index in [-0.39, 0.29) is 11.9 Å². The summed E-state index contributed by atoms with van der Waals surface area (Å²) in [6.45, 7) is 1.49. The van der Waals surface area contributed by atoms with Crippen LogP contribution in [0.2, 0.25) is 0 Å². The molecule has 0 fully saturated rings. The van der Waals surface area contributed by atoms with Crippen LogP contribution in [0.25, 0.3) is 0 Å². The summed E-state index contributed by atoms with van der Waals surface area (Å²) >= 11 is 0. The van der Waals surface area contributed by atoms with Gasteiger partial charge in [-0.1, -0.05) is 24.3 Å². The lowest BCUT2D eigenvalue weighted by molar-refractivity contribution is -0.119. The maximum atomic E-state index is 10.9. The predicted molar refractivity (Wildman–Crippen MR) is 52.6 cm³/mol. The average molecular weight is 191 g/mol. The van der Waals surface area contributed by atoms with Gasteiger partial charge in [-0.15, -0.1) is 0 Å². The van der Waals surface area contributed by atoms with E-state index in [9.17, 15) is 9.90 Å². The Morgan fingerprint density at radius 1 is 1.43 bits per heavy atom. The molecule has 0 aromatic heterocycles. The standard InChI is InChI=1S/C11H13NO2/c1-7(13)12-10-6-11(14)9-5-3-2-4-8(9)10/h2-5,10-11,14H,6H2,1H3,(H,12,13)/t10-,11-/m1/s1. The Labute approximate surface area is 82.8 Å². The van der Waals surface area contributed by atoms with Crippen LogP contribution in [0.5, 0.6) is 0 Å². The normalized spacial score (nSPS) is 24.4. The molecule has 1 aliphatic rings. The summed E-state index contributed by atoms with van der Waals surface area (Å²) in [6, 6.07) is 7.65. The molecule has 2 N–H and O–H groups in total. The number of rotatable bonds is 1. The van der Waals surface area contributed by atoms with Gasteiger partial charge < -0.3 is 10.4 Å². The highest BCUT2D eigenvalue weighted by Gasteiger charge is 2.29. The minimum Gasteiger partial charge on any atom is -0.388 e. The Hall–Kier alpha value is -1.35. The van der Waals surface area contributed by atoms with Gasteiger partial charge in [-0.3, -0.25) is 4.79 Å². The number of hydrogen-bond acceptors (Lipinski definition) is 2. The molecule has 0 heterocycles. The Morgan fingerprint density at radius 3 is 2.71 bits per heavy atom. The van der Waals surface area contributed by atoms with Crippen molar-refractivity contribution in [1.29, 1.82) is 0 Å². The van der Waals surface area contributed by atoms with Gasteiger partial charge >= 0.3 is 0 Å². The maximum Gasteiger partial charge on any atom is 0.217 e. The van der Waals surface area contributed by atoms with E-state index >= 15 is 0 Å².